The summed E-state index contributed by atoms with van der Waals surface area (Å²) in [6.45, 7) is 1.59. The van der Waals surface area contributed by atoms with Crippen LogP contribution in [-0.4, -0.2) is 57.8 Å². The smallest absolute Gasteiger partial charge is 0.325 e. The van der Waals surface area contributed by atoms with E-state index in [1.807, 2.05) is 24.3 Å². The number of benzene rings is 1. The van der Waals surface area contributed by atoms with E-state index < -0.39 is 29.9 Å². The summed E-state index contributed by atoms with van der Waals surface area (Å²) >= 11 is 2.24. The molecule has 32 heavy (non-hydrogen) atoms. The van der Waals surface area contributed by atoms with Crippen molar-refractivity contribution in [1.29, 1.82) is 0 Å². The lowest BCUT2D eigenvalue weighted by Crippen LogP contribution is -2.47. The number of thioether (sulfide) groups is 1. The van der Waals surface area contributed by atoms with Crippen LogP contribution in [0.4, 0.5) is 9.93 Å². The van der Waals surface area contributed by atoms with Crippen LogP contribution in [0.25, 0.3) is 0 Å². The van der Waals surface area contributed by atoms with Crippen LogP contribution in [0.2, 0.25) is 0 Å². The van der Waals surface area contributed by atoms with Crippen LogP contribution >= 0.6 is 23.1 Å². The molecule has 4 rings (SSSR count). The number of carbonyl (C=O) groups excluding carboxylic acids is 4. The van der Waals surface area contributed by atoms with E-state index in [0.717, 1.165) is 52.0 Å². The zero-order valence-corrected chi connectivity index (χ0v) is 18.9. The SMILES string of the molecule is CCOC(=O)CSc1nnc(NC(=O)CN2C(=O)N[C@@]3(CCCc4ccccc43)C2=O)s1. The lowest BCUT2D eigenvalue weighted by atomic mass is 9.76. The lowest BCUT2D eigenvalue weighted by molar-refractivity contribution is -0.139. The molecule has 1 fully saturated rings. The number of anilines is 1. The number of urea groups is 1. The Labute approximate surface area is 192 Å². The molecule has 2 aromatic rings. The van der Waals surface area contributed by atoms with Crippen LogP contribution in [0.1, 0.15) is 30.9 Å². The van der Waals surface area contributed by atoms with Crippen LogP contribution in [0.5, 0.6) is 0 Å². The molecule has 0 unspecified atom stereocenters. The molecule has 2 aliphatic rings. The van der Waals surface area contributed by atoms with E-state index in [4.69, 9.17) is 4.74 Å². The number of carbonyl (C=O) groups is 4. The summed E-state index contributed by atoms with van der Waals surface area (Å²) in [6, 6.07) is 6.97. The van der Waals surface area contributed by atoms with Gasteiger partial charge in [0.1, 0.15) is 12.1 Å². The second kappa shape index (κ2) is 9.25. The number of nitrogens with one attached hydrogen (secondary N) is 2. The summed E-state index contributed by atoms with van der Waals surface area (Å²) in [5.74, 6) is -1.27. The normalized spacial score (nSPS) is 19.6. The fourth-order valence-corrected chi connectivity index (χ4v) is 5.47. The van der Waals surface area contributed by atoms with Gasteiger partial charge >= 0.3 is 12.0 Å². The highest BCUT2D eigenvalue weighted by atomic mass is 32.2. The molecule has 1 atom stereocenters. The maximum Gasteiger partial charge on any atom is 0.325 e. The largest absolute Gasteiger partial charge is 0.465 e. The maximum absolute atomic E-state index is 13.2. The molecule has 10 nitrogen and oxygen atoms in total. The van der Waals surface area contributed by atoms with Crippen molar-refractivity contribution in [2.45, 2.75) is 36.1 Å². The molecule has 1 aromatic heterocycles. The molecule has 1 spiro atoms. The quantitative estimate of drug-likeness (QED) is 0.269. The minimum atomic E-state index is -1.12. The van der Waals surface area contributed by atoms with E-state index in [1.165, 1.54) is 0 Å². The van der Waals surface area contributed by atoms with Gasteiger partial charge in [0, 0.05) is 0 Å². The Morgan fingerprint density at radius 2 is 2.12 bits per heavy atom. The Hall–Kier alpha value is -2.99. The summed E-state index contributed by atoms with van der Waals surface area (Å²) in [5, 5.41) is 13.4. The molecule has 1 aliphatic heterocycles. The first kappa shape index (κ1) is 22.2. The van der Waals surface area contributed by atoms with E-state index in [-0.39, 0.29) is 16.9 Å². The van der Waals surface area contributed by atoms with Crippen LogP contribution in [-0.2, 0) is 31.1 Å². The van der Waals surface area contributed by atoms with E-state index in [0.29, 0.717) is 17.4 Å². The van der Waals surface area contributed by atoms with Gasteiger partial charge in [0.25, 0.3) is 5.91 Å². The number of amides is 4. The van der Waals surface area contributed by atoms with Gasteiger partial charge in [-0.05, 0) is 37.3 Å². The molecule has 168 valence electrons. The zero-order valence-electron chi connectivity index (χ0n) is 17.3. The standard InChI is InChI=1S/C20H21N5O5S2/c1-2-30-15(27)11-31-19-24-23-17(32-19)21-14(26)10-25-16(28)20(22-18(25)29)9-5-7-12-6-3-4-8-13(12)20/h3-4,6,8H,2,5,7,9-11H2,1H3,(H,22,29)(H,21,23,26)/t20-/m1/s1. The number of ether oxygens (including phenoxy) is 1. The van der Waals surface area contributed by atoms with Gasteiger partial charge < -0.3 is 10.1 Å². The number of nitrogens with zero attached hydrogens (tertiary/aromatic N) is 3. The average Bonchev–Trinajstić information content (AvgIpc) is 3.31. The fourth-order valence-electron chi connectivity index (χ4n) is 3.90. The van der Waals surface area contributed by atoms with Crippen molar-refractivity contribution in [2.75, 3.05) is 24.2 Å². The average molecular weight is 476 g/mol. The molecule has 1 aromatic carbocycles. The van der Waals surface area contributed by atoms with Crippen LogP contribution < -0.4 is 10.6 Å². The van der Waals surface area contributed by atoms with E-state index in [9.17, 15) is 19.2 Å². The second-order valence-corrected chi connectivity index (χ2v) is 9.45. The first-order chi connectivity index (χ1) is 15.4. The van der Waals surface area contributed by atoms with Gasteiger partial charge in [0.05, 0.1) is 12.4 Å². The van der Waals surface area contributed by atoms with Crippen molar-refractivity contribution in [2.24, 2.45) is 0 Å². The summed E-state index contributed by atoms with van der Waals surface area (Å²) in [6.07, 6.45) is 2.10. The number of imide groups is 1. The van der Waals surface area contributed by atoms with Gasteiger partial charge in [-0.25, -0.2) is 4.79 Å². The third-order valence-corrected chi connectivity index (χ3v) is 7.17. The zero-order chi connectivity index (χ0) is 22.7. The molecule has 1 aliphatic carbocycles. The van der Waals surface area contributed by atoms with Crippen LogP contribution in [0.15, 0.2) is 28.6 Å². The Morgan fingerprint density at radius 1 is 1.31 bits per heavy atom. The number of hydrogen-bond donors (Lipinski definition) is 2. The Bertz CT molecular complexity index is 1070. The second-order valence-electron chi connectivity index (χ2n) is 7.25. The molecule has 1 saturated heterocycles. The Kier molecular flexibility index (Phi) is 6.42. The van der Waals surface area contributed by atoms with Gasteiger partial charge in [-0.3, -0.25) is 24.6 Å². The molecule has 4 amide bonds. The van der Waals surface area contributed by atoms with Gasteiger partial charge in [-0.15, -0.1) is 10.2 Å². The first-order valence-electron chi connectivity index (χ1n) is 10.1. The maximum atomic E-state index is 13.2. The molecule has 2 N–H and O–H groups in total. The predicted molar refractivity (Wildman–Crippen MR) is 117 cm³/mol. The third-order valence-electron chi connectivity index (χ3n) is 5.22. The van der Waals surface area contributed by atoms with Gasteiger partial charge in [-0.1, -0.05) is 47.4 Å². The number of aromatic nitrogens is 2. The van der Waals surface area contributed by atoms with Crippen molar-refractivity contribution >= 4 is 52.0 Å². The van der Waals surface area contributed by atoms with Gasteiger partial charge in [0.15, 0.2) is 4.34 Å². The van der Waals surface area contributed by atoms with Gasteiger partial charge in [0.2, 0.25) is 11.0 Å². The van der Waals surface area contributed by atoms with Crippen molar-refractivity contribution < 1.29 is 23.9 Å². The van der Waals surface area contributed by atoms with Crippen molar-refractivity contribution in [3.05, 3.63) is 35.4 Å². The minimum Gasteiger partial charge on any atom is -0.465 e. The summed E-state index contributed by atoms with van der Waals surface area (Å²) in [5.41, 5.74) is 0.701. The van der Waals surface area contributed by atoms with E-state index >= 15 is 0 Å². The molecule has 0 radical (unpaired) electrons. The predicted octanol–water partition coefficient (Wildman–Crippen LogP) is 1.92. The van der Waals surface area contributed by atoms with E-state index in [2.05, 4.69) is 20.8 Å². The minimum absolute atomic E-state index is 0.0857. The summed E-state index contributed by atoms with van der Waals surface area (Å²) < 4.78 is 5.34. The van der Waals surface area contributed by atoms with Crippen molar-refractivity contribution in [3.8, 4) is 0 Å². The fraction of sp³-hybridized carbons (Fsp3) is 0.400. The van der Waals surface area contributed by atoms with Crippen molar-refractivity contribution in [1.82, 2.24) is 20.4 Å². The number of fused-ring (bicyclic) bond motifs is 2. The molecule has 0 bridgehead atoms. The van der Waals surface area contributed by atoms with Gasteiger partial charge in [-0.2, -0.15) is 0 Å². The highest BCUT2D eigenvalue weighted by Gasteiger charge is 2.54. The first-order valence-corrected chi connectivity index (χ1v) is 11.9. The number of rotatable bonds is 7. The molecule has 0 saturated carbocycles. The van der Waals surface area contributed by atoms with E-state index in [1.54, 1.807) is 6.92 Å². The molecule has 2 heterocycles. The monoisotopic (exact) mass is 475 g/mol. The Morgan fingerprint density at radius 3 is 2.94 bits per heavy atom. The lowest BCUT2D eigenvalue weighted by Gasteiger charge is -2.33. The summed E-state index contributed by atoms with van der Waals surface area (Å²) in [4.78, 5) is 50.7. The van der Waals surface area contributed by atoms with Crippen molar-refractivity contribution in [3.63, 3.8) is 0 Å². The topological polar surface area (TPSA) is 131 Å². The third kappa shape index (κ3) is 4.32. The Balaban J connectivity index is 1.39. The molecular formula is C20H21N5O5S2. The molecule has 12 heteroatoms. The highest BCUT2D eigenvalue weighted by molar-refractivity contribution is 8.01. The number of aryl methyl sites for hydroxylation is 1. The van der Waals surface area contributed by atoms with Crippen LogP contribution in [0, 0.1) is 0 Å². The molecular weight excluding hydrogens is 454 g/mol. The highest BCUT2D eigenvalue weighted by Crippen LogP contribution is 2.39. The summed E-state index contributed by atoms with van der Waals surface area (Å²) in [7, 11) is 0. The number of hydrogen-bond acceptors (Lipinski definition) is 9. The van der Waals surface area contributed by atoms with Crippen LogP contribution in [0.3, 0.4) is 0 Å². The number of esters is 1.